The maximum Gasteiger partial charge on any atom is 0.217 e. The SMILES string of the molecule is CCCCCCOc1ncccc1CNCC(C)C. The lowest BCUT2D eigenvalue weighted by Gasteiger charge is -2.12. The number of hydrogen-bond acceptors (Lipinski definition) is 3. The van der Waals surface area contributed by atoms with Crippen molar-refractivity contribution >= 4 is 0 Å². The fourth-order valence-corrected chi connectivity index (χ4v) is 1.88. The van der Waals surface area contributed by atoms with Gasteiger partial charge in [0.2, 0.25) is 5.88 Å². The standard InChI is InChI=1S/C16H28N2O/c1-4-5-6-7-11-19-16-15(9-8-10-18-16)13-17-12-14(2)3/h8-10,14,17H,4-7,11-13H2,1-3H3. The normalized spacial score (nSPS) is 10.9. The largest absolute Gasteiger partial charge is 0.477 e. The van der Waals surface area contributed by atoms with E-state index in [0.717, 1.165) is 37.6 Å². The average Bonchev–Trinajstić information content (AvgIpc) is 2.40. The van der Waals surface area contributed by atoms with Gasteiger partial charge >= 0.3 is 0 Å². The van der Waals surface area contributed by atoms with E-state index in [1.54, 1.807) is 6.20 Å². The predicted molar refractivity (Wildman–Crippen MR) is 80.4 cm³/mol. The van der Waals surface area contributed by atoms with Crippen LogP contribution in [0.1, 0.15) is 52.0 Å². The first-order valence-electron chi connectivity index (χ1n) is 7.51. The van der Waals surface area contributed by atoms with Crippen LogP contribution in [0.25, 0.3) is 0 Å². The van der Waals surface area contributed by atoms with Gasteiger partial charge in [0.1, 0.15) is 0 Å². The summed E-state index contributed by atoms with van der Waals surface area (Å²) in [6.45, 7) is 9.26. The molecule has 1 aromatic heterocycles. The Morgan fingerprint density at radius 3 is 2.84 bits per heavy atom. The van der Waals surface area contributed by atoms with Crippen LogP contribution in [0.4, 0.5) is 0 Å². The van der Waals surface area contributed by atoms with Crippen molar-refractivity contribution in [3.63, 3.8) is 0 Å². The molecule has 1 N–H and O–H groups in total. The quantitative estimate of drug-likeness (QED) is 0.653. The minimum Gasteiger partial charge on any atom is -0.477 e. The number of aromatic nitrogens is 1. The summed E-state index contributed by atoms with van der Waals surface area (Å²) in [5.41, 5.74) is 1.15. The fourth-order valence-electron chi connectivity index (χ4n) is 1.88. The van der Waals surface area contributed by atoms with Crippen LogP contribution in [0.15, 0.2) is 18.3 Å². The van der Waals surface area contributed by atoms with Crippen LogP contribution >= 0.6 is 0 Å². The van der Waals surface area contributed by atoms with Crippen molar-refractivity contribution in [1.82, 2.24) is 10.3 Å². The molecule has 1 aromatic rings. The lowest BCUT2D eigenvalue weighted by molar-refractivity contribution is 0.289. The number of rotatable bonds is 10. The molecule has 0 saturated heterocycles. The highest BCUT2D eigenvalue weighted by Gasteiger charge is 2.04. The lowest BCUT2D eigenvalue weighted by Crippen LogP contribution is -2.19. The van der Waals surface area contributed by atoms with E-state index < -0.39 is 0 Å². The number of hydrogen-bond donors (Lipinski definition) is 1. The first-order chi connectivity index (χ1) is 9.24. The first kappa shape index (κ1) is 16.0. The predicted octanol–water partition coefficient (Wildman–Crippen LogP) is 3.79. The number of unbranched alkanes of at least 4 members (excludes halogenated alkanes) is 3. The van der Waals surface area contributed by atoms with E-state index in [2.05, 4.69) is 37.1 Å². The van der Waals surface area contributed by atoms with Gasteiger partial charge in [-0.25, -0.2) is 4.98 Å². The highest BCUT2D eigenvalue weighted by Crippen LogP contribution is 2.14. The number of nitrogens with one attached hydrogen (secondary N) is 1. The Bertz CT molecular complexity index is 339. The molecule has 108 valence electrons. The van der Waals surface area contributed by atoms with Gasteiger partial charge in [0, 0.05) is 18.3 Å². The van der Waals surface area contributed by atoms with Crippen molar-refractivity contribution in [1.29, 1.82) is 0 Å². The third kappa shape index (κ3) is 7.16. The Labute approximate surface area is 117 Å². The van der Waals surface area contributed by atoms with Crippen LogP contribution in [0.2, 0.25) is 0 Å². The van der Waals surface area contributed by atoms with Crippen molar-refractivity contribution in [2.75, 3.05) is 13.2 Å². The smallest absolute Gasteiger partial charge is 0.217 e. The van der Waals surface area contributed by atoms with Crippen LogP contribution in [0.3, 0.4) is 0 Å². The van der Waals surface area contributed by atoms with E-state index in [0.29, 0.717) is 5.92 Å². The van der Waals surface area contributed by atoms with Gasteiger partial charge in [-0.1, -0.05) is 46.1 Å². The van der Waals surface area contributed by atoms with E-state index >= 15 is 0 Å². The van der Waals surface area contributed by atoms with Crippen LogP contribution in [-0.2, 0) is 6.54 Å². The second kappa shape index (κ2) is 9.79. The molecule has 1 heterocycles. The molecule has 0 spiro atoms. The summed E-state index contributed by atoms with van der Waals surface area (Å²) in [6, 6.07) is 4.05. The summed E-state index contributed by atoms with van der Waals surface area (Å²) in [6.07, 6.45) is 6.70. The average molecular weight is 264 g/mol. The summed E-state index contributed by atoms with van der Waals surface area (Å²) in [4.78, 5) is 4.33. The monoisotopic (exact) mass is 264 g/mol. The van der Waals surface area contributed by atoms with E-state index in [1.807, 2.05) is 6.07 Å². The Kier molecular flexibility index (Phi) is 8.23. The Balaban J connectivity index is 2.35. The van der Waals surface area contributed by atoms with Gasteiger partial charge in [-0.3, -0.25) is 0 Å². The minimum absolute atomic E-state index is 0.662. The van der Waals surface area contributed by atoms with Crippen molar-refractivity contribution in [3.8, 4) is 5.88 Å². The highest BCUT2D eigenvalue weighted by molar-refractivity contribution is 5.25. The van der Waals surface area contributed by atoms with Crippen molar-refractivity contribution < 1.29 is 4.74 Å². The molecule has 0 unspecified atom stereocenters. The van der Waals surface area contributed by atoms with Gasteiger partial charge in [0.25, 0.3) is 0 Å². The summed E-state index contributed by atoms with van der Waals surface area (Å²) >= 11 is 0. The summed E-state index contributed by atoms with van der Waals surface area (Å²) in [5.74, 6) is 1.45. The Morgan fingerprint density at radius 2 is 2.11 bits per heavy atom. The number of ether oxygens (including phenoxy) is 1. The van der Waals surface area contributed by atoms with Gasteiger partial charge in [-0.05, 0) is 24.9 Å². The molecule has 0 amide bonds. The third-order valence-electron chi connectivity index (χ3n) is 2.95. The van der Waals surface area contributed by atoms with E-state index in [4.69, 9.17) is 4.74 Å². The van der Waals surface area contributed by atoms with Crippen LogP contribution in [0, 0.1) is 5.92 Å². The van der Waals surface area contributed by atoms with E-state index in [1.165, 1.54) is 19.3 Å². The highest BCUT2D eigenvalue weighted by atomic mass is 16.5. The molecule has 0 fully saturated rings. The topological polar surface area (TPSA) is 34.1 Å². The number of nitrogens with zero attached hydrogens (tertiary/aromatic N) is 1. The molecule has 0 aliphatic carbocycles. The maximum atomic E-state index is 5.79. The molecule has 0 atom stereocenters. The summed E-state index contributed by atoms with van der Waals surface area (Å²) in [7, 11) is 0. The zero-order valence-corrected chi connectivity index (χ0v) is 12.6. The molecule has 19 heavy (non-hydrogen) atoms. The zero-order valence-electron chi connectivity index (χ0n) is 12.6. The molecular formula is C16H28N2O. The minimum atomic E-state index is 0.662. The third-order valence-corrected chi connectivity index (χ3v) is 2.95. The van der Waals surface area contributed by atoms with Crippen LogP contribution in [0.5, 0.6) is 5.88 Å². The molecule has 0 aliphatic rings. The first-order valence-corrected chi connectivity index (χ1v) is 7.51. The van der Waals surface area contributed by atoms with Gasteiger partial charge < -0.3 is 10.1 Å². The van der Waals surface area contributed by atoms with Crippen molar-refractivity contribution in [3.05, 3.63) is 23.9 Å². The van der Waals surface area contributed by atoms with Crippen LogP contribution < -0.4 is 10.1 Å². The Morgan fingerprint density at radius 1 is 1.26 bits per heavy atom. The fraction of sp³-hybridized carbons (Fsp3) is 0.688. The molecule has 0 bridgehead atoms. The van der Waals surface area contributed by atoms with E-state index in [-0.39, 0.29) is 0 Å². The summed E-state index contributed by atoms with van der Waals surface area (Å²) < 4.78 is 5.79. The molecule has 0 radical (unpaired) electrons. The molecular weight excluding hydrogens is 236 g/mol. The van der Waals surface area contributed by atoms with Gasteiger partial charge in [0.05, 0.1) is 6.61 Å². The van der Waals surface area contributed by atoms with Gasteiger partial charge in [-0.2, -0.15) is 0 Å². The zero-order chi connectivity index (χ0) is 13.9. The molecule has 0 saturated carbocycles. The Hall–Kier alpha value is -1.09. The van der Waals surface area contributed by atoms with Gasteiger partial charge in [0.15, 0.2) is 0 Å². The van der Waals surface area contributed by atoms with E-state index in [9.17, 15) is 0 Å². The maximum absolute atomic E-state index is 5.79. The summed E-state index contributed by atoms with van der Waals surface area (Å²) in [5, 5.41) is 3.43. The number of pyridine rings is 1. The van der Waals surface area contributed by atoms with Crippen molar-refractivity contribution in [2.24, 2.45) is 5.92 Å². The molecule has 3 heteroatoms. The van der Waals surface area contributed by atoms with Crippen molar-refractivity contribution in [2.45, 2.75) is 53.0 Å². The molecule has 1 rings (SSSR count). The molecule has 3 nitrogen and oxygen atoms in total. The van der Waals surface area contributed by atoms with Crippen LogP contribution in [-0.4, -0.2) is 18.1 Å². The molecule has 0 aliphatic heterocycles. The second-order valence-corrected chi connectivity index (χ2v) is 5.40. The molecule has 0 aromatic carbocycles. The lowest BCUT2D eigenvalue weighted by atomic mass is 10.2. The second-order valence-electron chi connectivity index (χ2n) is 5.40. The van der Waals surface area contributed by atoms with Gasteiger partial charge in [-0.15, -0.1) is 0 Å².